The summed E-state index contributed by atoms with van der Waals surface area (Å²) < 4.78 is 1.85. The third-order valence-corrected chi connectivity index (χ3v) is 6.20. The molecule has 1 atom stereocenters. The topological polar surface area (TPSA) is 125 Å². The Balaban J connectivity index is 1.43. The molecule has 0 saturated heterocycles. The molecule has 0 fully saturated rings. The van der Waals surface area contributed by atoms with Gasteiger partial charge in [0.15, 0.2) is 5.82 Å². The van der Waals surface area contributed by atoms with Gasteiger partial charge in [0.2, 0.25) is 11.9 Å². The number of amides is 1. The van der Waals surface area contributed by atoms with Crippen LogP contribution in [0.15, 0.2) is 30.7 Å². The lowest BCUT2D eigenvalue weighted by molar-refractivity contribution is -0.118. The molecule has 182 valence electrons. The molecule has 3 aromatic heterocycles. The molecule has 4 heterocycles. The summed E-state index contributed by atoms with van der Waals surface area (Å²) in [5.41, 5.74) is 3.50. The van der Waals surface area contributed by atoms with E-state index in [1.165, 1.54) is 0 Å². The monoisotopic (exact) mass is 473 g/mol. The zero-order valence-electron chi connectivity index (χ0n) is 21.0. The average molecular weight is 474 g/mol. The maximum atomic E-state index is 12.5. The van der Waals surface area contributed by atoms with Gasteiger partial charge in [0.05, 0.1) is 35.6 Å². The SMILES string of the molecule is Cc1nc(NCc2cnn(Cc3ccc(C(C)(C)C#N)nc3)c2)nc2c1NC(=O)C(C(C)C)N2C. The van der Waals surface area contributed by atoms with E-state index < -0.39 is 5.41 Å². The van der Waals surface area contributed by atoms with Crippen LogP contribution in [0.2, 0.25) is 0 Å². The van der Waals surface area contributed by atoms with Crippen LogP contribution < -0.4 is 15.5 Å². The molecule has 1 aliphatic rings. The zero-order valence-corrected chi connectivity index (χ0v) is 21.0. The maximum absolute atomic E-state index is 12.5. The van der Waals surface area contributed by atoms with Crippen LogP contribution in [0.25, 0.3) is 0 Å². The minimum atomic E-state index is -0.615. The minimum Gasteiger partial charge on any atom is -0.350 e. The number of nitrogens with zero attached hydrogens (tertiary/aromatic N) is 7. The fraction of sp³-hybridized carbons (Fsp3) is 0.440. The number of nitrogens with one attached hydrogen (secondary N) is 2. The Morgan fingerprint density at radius 2 is 2.00 bits per heavy atom. The molecule has 2 N–H and O–H groups in total. The molecule has 0 bridgehead atoms. The van der Waals surface area contributed by atoms with Crippen LogP contribution in [0.4, 0.5) is 17.5 Å². The van der Waals surface area contributed by atoms with E-state index in [1.807, 2.05) is 69.6 Å². The van der Waals surface area contributed by atoms with Crippen LogP contribution in [0.3, 0.4) is 0 Å². The highest BCUT2D eigenvalue weighted by Gasteiger charge is 2.35. The quantitative estimate of drug-likeness (QED) is 0.536. The van der Waals surface area contributed by atoms with Crippen molar-refractivity contribution in [1.82, 2.24) is 24.7 Å². The van der Waals surface area contributed by atoms with E-state index in [2.05, 4.69) is 36.8 Å². The van der Waals surface area contributed by atoms with E-state index in [1.54, 1.807) is 12.4 Å². The fourth-order valence-electron chi connectivity index (χ4n) is 4.19. The van der Waals surface area contributed by atoms with Gasteiger partial charge in [-0.25, -0.2) is 4.98 Å². The molecule has 4 rings (SSSR count). The molecule has 1 amide bonds. The first-order chi connectivity index (χ1) is 16.6. The van der Waals surface area contributed by atoms with Gasteiger partial charge in [0.1, 0.15) is 11.7 Å². The number of carbonyl (C=O) groups excluding carboxylic acids is 1. The Kier molecular flexibility index (Phi) is 6.43. The molecule has 0 radical (unpaired) electrons. The van der Waals surface area contributed by atoms with E-state index in [9.17, 15) is 10.1 Å². The molecule has 1 unspecified atom stereocenters. The second-order valence-electron chi connectivity index (χ2n) is 9.81. The van der Waals surface area contributed by atoms with E-state index in [0.717, 1.165) is 16.8 Å². The van der Waals surface area contributed by atoms with Crippen molar-refractivity contribution >= 4 is 23.4 Å². The first-order valence-electron chi connectivity index (χ1n) is 11.6. The maximum Gasteiger partial charge on any atom is 0.247 e. The molecule has 10 heteroatoms. The number of hydrogen-bond acceptors (Lipinski definition) is 8. The number of pyridine rings is 1. The van der Waals surface area contributed by atoms with Crippen LogP contribution in [-0.4, -0.2) is 43.7 Å². The lowest BCUT2D eigenvalue weighted by Gasteiger charge is -2.36. The summed E-state index contributed by atoms with van der Waals surface area (Å²) in [6.45, 7) is 10.7. The lowest BCUT2D eigenvalue weighted by atomic mass is 9.91. The summed E-state index contributed by atoms with van der Waals surface area (Å²) in [5, 5.41) is 20.0. The number of nitriles is 1. The summed E-state index contributed by atoms with van der Waals surface area (Å²) in [6.07, 6.45) is 5.56. The average Bonchev–Trinajstić information content (AvgIpc) is 3.26. The Morgan fingerprint density at radius 3 is 2.66 bits per heavy atom. The molecule has 0 aliphatic carbocycles. The highest BCUT2D eigenvalue weighted by Crippen LogP contribution is 2.34. The van der Waals surface area contributed by atoms with E-state index in [-0.39, 0.29) is 17.9 Å². The highest BCUT2D eigenvalue weighted by atomic mass is 16.2. The molecule has 1 aliphatic heterocycles. The van der Waals surface area contributed by atoms with Gasteiger partial charge in [0.25, 0.3) is 0 Å². The molecular weight excluding hydrogens is 442 g/mol. The van der Waals surface area contributed by atoms with Gasteiger partial charge >= 0.3 is 0 Å². The van der Waals surface area contributed by atoms with Gasteiger partial charge in [-0.05, 0) is 38.3 Å². The van der Waals surface area contributed by atoms with Crippen molar-refractivity contribution in [3.05, 3.63) is 53.2 Å². The van der Waals surface area contributed by atoms with Gasteiger partial charge < -0.3 is 15.5 Å². The van der Waals surface area contributed by atoms with Crippen molar-refractivity contribution < 1.29 is 4.79 Å². The van der Waals surface area contributed by atoms with Crippen molar-refractivity contribution in [3.8, 4) is 6.07 Å². The number of aryl methyl sites for hydroxylation is 1. The number of aromatic nitrogens is 5. The van der Waals surface area contributed by atoms with Crippen LogP contribution in [0, 0.1) is 24.2 Å². The highest BCUT2D eigenvalue weighted by molar-refractivity contribution is 6.03. The van der Waals surface area contributed by atoms with Crippen LogP contribution in [0.1, 0.15) is 50.2 Å². The first-order valence-corrected chi connectivity index (χ1v) is 11.6. The van der Waals surface area contributed by atoms with E-state index >= 15 is 0 Å². The van der Waals surface area contributed by atoms with Crippen LogP contribution in [-0.2, 0) is 23.3 Å². The second kappa shape index (κ2) is 9.33. The summed E-state index contributed by atoms with van der Waals surface area (Å²) in [7, 11) is 1.89. The van der Waals surface area contributed by atoms with Gasteiger partial charge in [-0.3, -0.25) is 14.5 Å². The summed E-state index contributed by atoms with van der Waals surface area (Å²) >= 11 is 0. The van der Waals surface area contributed by atoms with Crippen molar-refractivity contribution in [3.63, 3.8) is 0 Å². The van der Waals surface area contributed by atoms with Crippen LogP contribution >= 0.6 is 0 Å². The zero-order chi connectivity index (χ0) is 25.3. The predicted octanol–water partition coefficient (Wildman–Crippen LogP) is 3.25. The lowest BCUT2D eigenvalue weighted by Crippen LogP contribution is -2.49. The van der Waals surface area contributed by atoms with Gasteiger partial charge in [-0.15, -0.1) is 0 Å². The Labute approximate surface area is 205 Å². The third-order valence-electron chi connectivity index (χ3n) is 6.20. The Hall–Kier alpha value is -4.00. The number of anilines is 3. The Morgan fingerprint density at radius 1 is 1.23 bits per heavy atom. The first kappa shape index (κ1) is 24.1. The van der Waals surface area contributed by atoms with Gasteiger partial charge in [-0.2, -0.15) is 15.3 Å². The number of hydrogen-bond donors (Lipinski definition) is 2. The standard InChI is InChI=1S/C25H31N9O/c1-15(2)21-23(35)31-20-16(3)30-24(32-22(20)33(21)6)28-10-18-11-29-34(13-18)12-17-7-8-19(27-9-17)25(4,5)14-26/h7-9,11,13,15,21H,10,12H2,1-6H3,(H,31,35)(H,28,30,32). The third kappa shape index (κ3) is 4.94. The molecule has 0 saturated carbocycles. The molecule has 0 spiro atoms. The summed E-state index contributed by atoms with van der Waals surface area (Å²) in [6, 6.07) is 5.86. The summed E-state index contributed by atoms with van der Waals surface area (Å²) in [5.74, 6) is 1.33. The van der Waals surface area contributed by atoms with Crippen molar-refractivity contribution in [1.29, 1.82) is 5.26 Å². The molecule has 10 nitrogen and oxygen atoms in total. The minimum absolute atomic E-state index is 0.0339. The van der Waals surface area contributed by atoms with E-state index in [0.29, 0.717) is 36.2 Å². The number of likely N-dealkylation sites (N-methyl/N-ethyl adjacent to an activating group) is 1. The number of fused-ring (bicyclic) bond motifs is 1. The number of rotatable bonds is 7. The molecular formula is C25H31N9O. The van der Waals surface area contributed by atoms with E-state index in [4.69, 9.17) is 0 Å². The van der Waals surface area contributed by atoms with Gasteiger partial charge in [0, 0.05) is 31.5 Å². The molecule has 0 aromatic carbocycles. The second-order valence-corrected chi connectivity index (χ2v) is 9.81. The van der Waals surface area contributed by atoms with Crippen molar-refractivity contribution in [2.75, 3.05) is 22.6 Å². The smallest absolute Gasteiger partial charge is 0.247 e. The molecule has 35 heavy (non-hydrogen) atoms. The normalized spacial score (nSPS) is 15.5. The Bertz CT molecular complexity index is 1270. The largest absolute Gasteiger partial charge is 0.350 e. The predicted molar refractivity (Wildman–Crippen MR) is 134 cm³/mol. The van der Waals surface area contributed by atoms with Crippen LogP contribution in [0.5, 0.6) is 0 Å². The van der Waals surface area contributed by atoms with Crippen molar-refractivity contribution in [2.45, 2.75) is 59.2 Å². The fourth-order valence-corrected chi connectivity index (χ4v) is 4.19. The summed E-state index contributed by atoms with van der Waals surface area (Å²) in [4.78, 5) is 28.1. The number of carbonyl (C=O) groups is 1. The molecule has 3 aromatic rings. The van der Waals surface area contributed by atoms with Crippen molar-refractivity contribution in [2.24, 2.45) is 5.92 Å². The van der Waals surface area contributed by atoms with Gasteiger partial charge in [-0.1, -0.05) is 19.9 Å².